The predicted octanol–water partition coefficient (Wildman–Crippen LogP) is 3.36. The molecule has 0 aromatic heterocycles. The van der Waals surface area contributed by atoms with E-state index in [-0.39, 0.29) is 17.5 Å². The standard InChI is InChI=1S/C17H22F2N2O3/c1-2-15(13-8-5-11(18)9-14(13)19)21-17(24)20-12-6-3-10(4-7-12)16(22)23/h5,8-10,12,15H,2-4,6-7H2,1H3,(H,22,23)(H2,20,21,24). The molecule has 2 amide bonds. The maximum atomic E-state index is 13.8. The second-order valence-corrected chi connectivity index (χ2v) is 6.13. The molecule has 1 aliphatic carbocycles. The van der Waals surface area contributed by atoms with Gasteiger partial charge < -0.3 is 15.7 Å². The van der Waals surface area contributed by atoms with E-state index in [9.17, 15) is 18.4 Å². The van der Waals surface area contributed by atoms with Gasteiger partial charge in [-0.05, 0) is 38.2 Å². The normalized spacial score (nSPS) is 21.8. The number of aliphatic carboxylic acids is 1. The molecular weight excluding hydrogens is 318 g/mol. The van der Waals surface area contributed by atoms with Crippen LogP contribution in [-0.4, -0.2) is 23.1 Å². The van der Waals surface area contributed by atoms with Crippen molar-refractivity contribution < 1.29 is 23.5 Å². The van der Waals surface area contributed by atoms with Gasteiger partial charge in [-0.25, -0.2) is 13.6 Å². The molecule has 0 bridgehead atoms. The van der Waals surface area contributed by atoms with Crippen molar-refractivity contribution >= 4 is 12.0 Å². The molecule has 0 aliphatic heterocycles. The average Bonchev–Trinajstić information content (AvgIpc) is 2.53. The number of halogens is 2. The van der Waals surface area contributed by atoms with Crippen LogP contribution in [0.25, 0.3) is 0 Å². The molecule has 1 unspecified atom stereocenters. The highest BCUT2D eigenvalue weighted by Gasteiger charge is 2.27. The van der Waals surface area contributed by atoms with Gasteiger partial charge in [0.1, 0.15) is 11.6 Å². The van der Waals surface area contributed by atoms with E-state index >= 15 is 0 Å². The molecule has 0 radical (unpaired) electrons. The van der Waals surface area contributed by atoms with E-state index in [1.54, 1.807) is 6.92 Å². The predicted molar refractivity (Wildman–Crippen MR) is 84.4 cm³/mol. The van der Waals surface area contributed by atoms with Crippen LogP contribution in [0.15, 0.2) is 18.2 Å². The number of carbonyl (C=O) groups excluding carboxylic acids is 1. The lowest BCUT2D eigenvalue weighted by Gasteiger charge is -2.28. The van der Waals surface area contributed by atoms with Gasteiger partial charge >= 0.3 is 12.0 Å². The minimum atomic E-state index is -0.796. The van der Waals surface area contributed by atoms with Crippen molar-refractivity contribution in [1.82, 2.24) is 10.6 Å². The number of hydrogen-bond acceptors (Lipinski definition) is 2. The van der Waals surface area contributed by atoms with Crippen LogP contribution in [0, 0.1) is 17.6 Å². The number of rotatable bonds is 5. The van der Waals surface area contributed by atoms with Crippen LogP contribution in [0.1, 0.15) is 50.6 Å². The van der Waals surface area contributed by atoms with Crippen LogP contribution in [-0.2, 0) is 4.79 Å². The number of carbonyl (C=O) groups is 2. The SMILES string of the molecule is CCC(NC(=O)NC1CCC(C(=O)O)CC1)c1ccc(F)cc1F. The van der Waals surface area contributed by atoms with E-state index in [0.29, 0.717) is 32.1 Å². The van der Waals surface area contributed by atoms with Crippen molar-refractivity contribution in [3.8, 4) is 0 Å². The van der Waals surface area contributed by atoms with Crippen molar-refractivity contribution in [3.63, 3.8) is 0 Å². The summed E-state index contributed by atoms with van der Waals surface area (Å²) < 4.78 is 26.8. The third kappa shape index (κ3) is 4.66. The summed E-state index contributed by atoms with van der Waals surface area (Å²) in [5.41, 5.74) is 0.239. The first kappa shape index (κ1) is 18.2. The van der Waals surface area contributed by atoms with Crippen molar-refractivity contribution in [2.45, 2.75) is 51.1 Å². The maximum absolute atomic E-state index is 13.8. The van der Waals surface area contributed by atoms with Crippen LogP contribution in [0.3, 0.4) is 0 Å². The zero-order chi connectivity index (χ0) is 17.7. The lowest BCUT2D eigenvalue weighted by molar-refractivity contribution is -0.142. The molecule has 3 N–H and O–H groups in total. The highest BCUT2D eigenvalue weighted by atomic mass is 19.1. The third-order valence-electron chi connectivity index (χ3n) is 4.46. The van der Waals surface area contributed by atoms with Gasteiger partial charge in [-0.2, -0.15) is 0 Å². The molecule has 132 valence electrons. The molecule has 0 spiro atoms. The highest BCUT2D eigenvalue weighted by Crippen LogP contribution is 2.25. The molecule has 1 aliphatic rings. The summed E-state index contributed by atoms with van der Waals surface area (Å²) in [6, 6.07) is 2.22. The van der Waals surface area contributed by atoms with Crippen LogP contribution in [0.4, 0.5) is 13.6 Å². The number of nitrogens with one attached hydrogen (secondary N) is 2. The Kier molecular flexibility index (Phi) is 6.11. The first-order valence-electron chi connectivity index (χ1n) is 8.15. The van der Waals surface area contributed by atoms with Gasteiger partial charge in [-0.3, -0.25) is 4.79 Å². The quantitative estimate of drug-likeness (QED) is 0.769. The van der Waals surface area contributed by atoms with Gasteiger partial charge in [-0.1, -0.05) is 13.0 Å². The zero-order valence-electron chi connectivity index (χ0n) is 13.5. The van der Waals surface area contributed by atoms with E-state index in [4.69, 9.17) is 5.11 Å². The fraction of sp³-hybridized carbons (Fsp3) is 0.529. The second-order valence-electron chi connectivity index (χ2n) is 6.13. The lowest BCUT2D eigenvalue weighted by atomic mass is 9.86. The van der Waals surface area contributed by atoms with Gasteiger partial charge in [0.25, 0.3) is 0 Å². The Balaban J connectivity index is 1.90. The van der Waals surface area contributed by atoms with E-state index in [0.717, 1.165) is 12.1 Å². The van der Waals surface area contributed by atoms with Crippen molar-refractivity contribution in [2.24, 2.45) is 5.92 Å². The van der Waals surface area contributed by atoms with Gasteiger partial charge in [0.05, 0.1) is 12.0 Å². The topological polar surface area (TPSA) is 78.4 Å². The molecule has 7 heteroatoms. The highest BCUT2D eigenvalue weighted by molar-refractivity contribution is 5.75. The van der Waals surface area contributed by atoms with Crippen LogP contribution >= 0.6 is 0 Å². The summed E-state index contributed by atoms with van der Waals surface area (Å²) in [6.45, 7) is 1.80. The Morgan fingerprint density at radius 1 is 1.25 bits per heavy atom. The molecular formula is C17H22F2N2O3. The smallest absolute Gasteiger partial charge is 0.315 e. The molecule has 1 aromatic carbocycles. The Morgan fingerprint density at radius 3 is 2.46 bits per heavy atom. The molecule has 0 heterocycles. The summed E-state index contributed by atoms with van der Waals surface area (Å²) in [5.74, 6) is -2.49. The van der Waals surface area contributed by atoms with Crippen molar-refractivity contribution in [1.29, 1.82) is 0 Å². The fourth-order valence-electron chi connectivity index (χ4n) is 3.05. The zero-order valence-corrected chi connectivity index (χ0v) is 13.5. The van der Waals surface area contributed by atoms with Crippen molar-refractivity contribution in [2.75, 3.05) is 0 Å². The Bertz CT molecular complexity index is 601. The minimum absolute atomic E-state index is 0.0869. The molecule has 1 atom stereocenters. The Labute approximate surface area is 139 Å². The molecule has 2 rings (SSSR count). The van der Waals surface area contributed by atoms with Gasteiger partial charge in [0.15, 0.2) is 0 Å². The first-order chi connectivity index (χ1) is 11.4. The molecule has 5 nitrogen and oxygen atoms in total. The molecule has 0 saturated heterocycles. The van der Waals surface area contributed by atoms with Gasteiger partial charge in [-0.15, -0.1) is 0 Å². The maximum Gasteiger partial charge on any atom is 0.315 e. The number of amides is 2. The van der Waals surface area contributed by atoms with Gasteiger partial charge in [0.2, 0.25) is 0 Å². The van der Waals surface area contributed by atoms with Crippen molar-refractivity contribution in [3.05, 3.63) is 35.4 Å². The summed E-state index contributed by atoms with van der Waals surface area (Å²) in [7, 11) is 0. The van der Waals surface area contributed by atoms with E-state index in [1.165, 1.54) is 6.07 Å². The lowest BCUT2D eigenvalue weighted by Crippen LogP contribution is -2.45. The van der Waals surface area contributed by atoms with Crippen LogP contribution in [0.2, 0.25) is 0 Å². The molecule has 24 heavy (non-hydrogen) atoms. The monoisotopic (exact) mass is 340 g/mol. The molecule has 1 aromatic rings. The molecule has 1 fully saturated rings. The summed E-state index contributed by atoms with van der Waals surface area (Å²) in [6.07, 6.45) is 2.73. The second kappa shape index (κ2) is 8.08. The Morgan fingerprint density at radius 2 is 1.92 bits per heavy atom. The average molecular weight is 340 g/mol. The number of carboxylic acids is 1. The first-order valence-corrected chi connectivity index (χ1v) is 8.15. The number of urea groups is 1. The number of carboxylic acid groups (broad SMARTS) is 1. The largest absolute Gasteiger partial charge is 0.481 e. The summed E-state index contributed by atoms with van der Waals surface area (Å²) in [5, 5.41) is 14.5. The van der Waals surface area contributed by atoms with Crippen LogP contribution < -0.4 is 10.6 Å². The fourth-order valence-corrected chi connectivity index (χ4v) is 3.05. The number of hydrogen-bond donors (Lipinski definition) is 3. The summed E-state index contributed by atoms with van der Waals surface area (Å²) in [4.78, 5) is 23.0. The van der Waals surface area contributed by atoms with Crippen LogP contribution in [0.5, 0.6) is 0 Å². The Hall–Kier alpha value is -2.18. The number of benzene rings is 1. The summed E-state index contributed by atoms with van der Waals surface area (Å²) >= 11 is 0. The van der Waals surface area contributed by atoms with E-state index in [2.05, 4.69) is 10.6 Å². The molecule has 1 saturated carbocycles. The van der Waals surface area contributed by atoms with E-state index < -0.39 is 29.7 Å². The van der Waals surface area contributed by atoms with E-state index in [1.807, 2.05) is 0 Å². The van der Waals surface area contributed by atoms with Gasteiger partial charge in [0, 0.05) is 17.7 Å². The third-order valence-corrected chi connectivity index (χ3v) is 4.46. The minimum Gasteiger partial charge on any atom is -0.481 e.